The lowest BCUT2D eigenvalue weighted by atomic mass is 10.0. The van der Waals surface area contributed by atoms with Gasteiger partial charge in [-0.1, -0.05) is 18.2 Å². The van der Waals surface area contributed by atoms with Crippen molar-refractivity contribution in [2.24, 2.45) is 5.73 Å². The van der Waals surface area contributed by atoms with Crippen molar-refractivity contribution in [1.82, 2.24) is 23.4 Å². The van der Waals surface area contributed by atoms with Crippen LogP contribution in [0.4, 0.5) is 0 Å². The fourth-order valence-corrected chi connectivity index (χ4v) is 6.23. The number of benzene rings is 1. The van der Waals surface area contributed by atoms with Crippen LogP contribution in [0.1, 0.15) is 31.1 Å². The highest BCUT2D eigenvalue weighted by Gasteiger charge is 2.27. The number of pyridine rings is 1. The molecule has 176 valence electrons. The molecule has 0 radical (unpaired) electrons. The van der Waals surface area contributed by atoms with Crippen LogP contribution >= 0.6 is 0 Å². The number of likely N-dealkylation sites (tertiary alicyclic amines) is 1. The summed E-state index contributed by atoms with van der Waals surface area (Å²) in [5, 5.41) is 9.66. The van der Waals surface area contributed by atoms with Crippen molar-refractivity contribution in [3.63, 3.8) is 0 Å². The van der Waals surface area contributed by atoms with E-state index in [4.69, 9.17) is 16.0 Å². The maximum Gasteiger partial charge on any atom is 0.269 e. The zero-order valence-corrected chi connectivity index (χ0v) is 19.7. The summed E-state index contributed by atoms with van der Waals surface area (Å²) < 4.78 is 30.1. The molecule has 1 aromatic carbocycles. The summed E-state index contributed by atoms with van der Waals surface area (Å²) in [5.74, 6) is 0.904. The fraction of sp³-hybridized carbons (Fsp3) is 0.375. The maximum atomic E-state index is 13.3. The molecule has 34 heavy (non-hydrogen) atoms. The molecule has 0 amide bonds. The molecule has 1 fully saturated rings. The first kappa shape index (κ1) is 22.5. The molecule has 5 rings (SSSR count). The molecule has 0 aliphatic carbocycles. The van der Waals surface area contributed by atoms with Gasteiger partial charge in [0.15, 0.2) is 5.65 Å². The standard InChI is InChI=1S/C24H27N7O2S/c25-11-4-13-29-14-8-18(9-15-29)31-22(7-12-26)28-21-17-27-24-20(23(21)31)10-16-30(24)34(32,33)19-5-2-1-3-6-19/h1-3,5-6,10,16-18H,4,7-9,12-15,26H2. The van der Waals surface area contributed by atoms with E-state index in [1.54, 1.807) is 42.7 Å². The Morgan fingerprint density at radius 2 is 1.91 bits per heavy atom. The van der Waals surface area contributed by atoms with E-state index in [1.807, 2.05) is 6.07 Å². The number of hydrogen-bond acceptors (Lipinski definition) is 7. The van der Waals surface area contributed by atoms with Gasteiger partial charge in [0, 0.05) is 50.1 Å². The zero-order valence-electron chi connectivity index (χ0n) is 18.8. The number of nitrogens with two attached hydrogens (primary N) is 1. The van der Waals surface area contributed by atoms with Gasteiger partial charge in [0.2, 0.25) is 0 Å². The van der Waals surface area contributed by atoms with E-state index in [0.29, 0.717) is 25.0 Å². The topological polar surface area (TPSA) is 123 Å². The Morgan fingerprint density at radius 3 is 2.62 bits per heavy atom. The minimum absolute atomic E-state index is 0.219. The fourth-order valence-electron chi connectivity index (χ4n) is 4.90. The molecule has 0 spiro atoms. The second-order valence-corrected chi connectivity index (χ2v) is 10.4. The van der Waals surface area contributed by atoms with Gasteiger partial charge in [-0.15, -0.1) is 0 Å². The van der Waals surface area contributed by atoms with Gasteiger partial charge in [0.25, 0.3) is 10.0 Å². The van der Waals surface area contributed by atoms with Crippen LogP contribution in [-0.4, -0.2) is 58.0 Å². The number of rotatable bonds is 7. The number of hydrogen-bond donors (Lipinski definition) is 1. The summed E-state index contributed by atoms with van der Waals surface area (Å²) in [7, 11) is -3.78. The average Bonchev–Trinajstić information content (AvgIpc) is 3.45. The summed E-state index contributed by atoms with van der Waals surface area (Å²) in [4.78, 5) is 11.9. The highest BCUT2D eigenvalue weighted by atomic mass is 32.2. The normalized spacial score (nSPS) is 15.8. The van der Waals surface area contributed by atoms with E-state index in [0.717, 1.165) is 54.7 Å². The van der Waals surface area contributed by atoms with Crippen LogP contribution < -0.4 is 5.73 Å². The summed E-state index contributed by atoms with van der Waals surface area (Å²) >= 11 is 0. The van der Waals surface area contributed by atoms with Crippen LogP contribution in [0.25, 0.3) is 22.1 Å². The second-order valence-electron chi connectivity index (χ2n) is 8.58. The Balaban J connectivity index is 1.61. The molecule has 3 aromatic heterocycles. The lowest BCUT2D eigenvalue weighted by Crippen LogP contribution is -2.35. The summed E-state index contributed by atoms with van der Waals surface area (Å²) in [6.07, 6.45) is 6.26. The predicted octanol–water partition coefficient (Wildman–Crippen LogP) is 2.67. The van der Waals surface area contributed by atoms with Gasteiger partial charge in [0.05, 0.1) is 22.7 Å². The number of nitrogens with zero attached hydrogens (tertiary/aromatic N) is 6. The number of nitriles is 1. The minimum Gasteiger partial charge on any atom is -0.330 e. The van der Waals surface area contributed by atoms with Gasteiger partial charge < -0.3 is 15.2 Å². The molecule has 2 N–H and O–H groups in total. The maximum absolute atomic E-state index is 13.3. The Morgan fingerprint density at radius 1 is 1.15 bits per heavy atom. The Hall–Kier alpha value is -3.26. The predicted molar refractivity (Wildman–Crippen MR) is 130 cm³/mol. The molecule has 1 aliphatic rings. The van der Waals surface area contributed by atoms with E-state index in [-0.39, 0.29) is 10.9 Å². The Labute approximate surface area is 198 Å². The summed E-state index contributed by atoms with van der Waals surface area (Å²) in [5.41, 5.74) is 7.95. The molecule has 0 atom stereocenters. The Kier molecular flexibility index (Phi) is 6.08. The van der Waals surface area contributed by atoms with Crippen molar-refractivity contribution in [2.75, 3.05) is 26.2 Å². The molecule has 1 aliphatic heterocycles. The molecular formula is C24H27N7O2S. The van der Waals surface area contributed by atoms with E-state index < -0.39 is 10.0 Å². The minimum atomic E-state index is -3.78. The van der Waals surface area contributed by atoms with Crippen LogP contribution in [-0.2, 0) is 16.4 Å². The monoisotopic (exact) mass is 477 g/mol. The van der Waals surface area contributed by atoms with Crippen molar-refractivity contribution in [3.8, 4) is 6.07 Å². The van der Waals surface area contributed by atoms with E-state index >= 15 is 0 Å². The number of piperidine rings is 1. The third-order valence-corrected chi connectivity index (χ3v) is 8.21. The first-order valence-electron chi connectivity index (χ1n) is 11.5. The SMILES string of the molecule is N#CCCN1CCC(n2c(CCN)nc3cnc4c(ccn4S(=O)(=O)c4ccccc4)c32)CC1. The molecule has 10 heteroatoms. The zero-order chi connectivity index (χ0) is 23.7. The molecule has 4 aromatic rings. The van der Waals surface area contributed by atoms with Gasteiger partial charge in [-0.3, -0.25) is 0 Å². The number of imidazole rings is 1. The largest absolute Gasteiger partial charge is 0.330 e. The number of fused-ring (bicyclic) bond motifs is 3. The first-order chi connectivity index (χ1) is 16.5. The van der Waals surface area contributed by atoms with Crippen LogP contribution in [0.15, 0.2) is 53.7 Å². The van der Waals surface area contributed by atoms with Crippen molar-refractivity contribution in [3.05, 3.63) is 54.6 Å². The van der Waals surface area contributed by atoms with Crippen LogP contribution in [0.2, 0.25) is 0 Å². The Bertz CT molecular complexity index is 1460. The van der Waals surface area contributed by atoms with Gasteiger partial charge >= 0.3 is 0 Å². The molecule has 9 nitrogen and oxygen atoms in total. The van der Waals surface area contributed by atoms with Crippen LogP contribution in [0.5, 0.6) is 0 Å². The lowest BCUT2D eigenvalue weighted by molar-refractivity contribution is 0.190. The molecule has 4 heterocycles. The molecule has 0 saturated carbocycles. The summed E-state index contributed by atoms with van der Waals surface area (Å²) in [6.45, 7) is 3.08. The van der Waals surface area contributed by atoms with Crippen LogP contribution in [0, 0.1) is 11.3 Å². The van der Waals surface area contributed by atoms with Crippen molar-refractivity contribution in [2.45, 2.75) is 36.6 Å². The highest BCUT2D eigenvalue weighted by Crippen LogP contribution is 2.34. The average molecular weight is 478 g/mol. The smallest absolute Gasteiger partial charge is 0.269 e. The van der Waals surface area contributed by atoms with E-state index in [2.05, 4.69) is 20.5 Å². The molecule has 0 bridgehead atoms. The first-order valence-corrected chi connectivity index (χ1v) is 13.0. The molecule has 1 saturated heterocycles. The van der Waals surface area contributed by atoms with Gasteiger partial charge in [-0.25, -0.2) is 22.4 Å². The highest BCUT2D eigenvalue weighted by molar-refractivity contribution is 7.90. The van der Waals surface area contributed by atoms with Gasteiger partial charge in [-0.2, -0.15) is 5.26 Å². The quantitative estimate of drug-likeness (QED) is 0.434. The van der Waals surface area contributed by atoms with Crippen molar-refractivity contribution in [1.29, 1.82) is 5.26 Å². The van der Waals surface area contributed by atoms with E-state index in [1.165, 1.54) is 3.97 Å². The molecule has 0 unspecified atom stereocenters. The molecular weight excluding hydrogens is 450 g/mol. The van der Waals surface area contributed by atoms with Gasteiger partial charge in [-0.05, 0) is 37.6 Å². The van der Waals surface area contributed by atoms with Crippen molar-refractivity contribution < 1.29 is 8.42 Å². The second kappa shape index (κ2) is 9.18. The summed E-state index contributed by atoms with van der Waals surface area (Å²) in [6, 6.07) is 12.6. The third kappa shape index (κ3) is 3.86. The van der Waals surface area contributed by atoms with E-state index in [9.17, 15) is 8.42 Å². The lowest BCUT2D eigenvalue weighted by Gasteiger charge is -2.33. The number of aromatic nitrogens is 4. The van der Waals surface area contributed by atoms with Crippen LogP contribution in [0.3, 0.4) is 0 Å². The van der Waals surface area contributed by atoms with Crippen molar-refractivity contribution >= 4 is 32.1 Å². The third-order valence-electron chi connectivity index (χ3n) is 6.53. The van der Waals surface area contributed by atoms with Gasteiger partial charge in [0.1, 0.15) is 11.3 Å².